The number of benzene rings is 2. The summed E-state index contributed by atoms with van der Waals surface area (Å²) in [5.74, 6) is -1.02. The summed E-state index contributed by atoms with van der Waals surface area (Å²) in [5, 5.41) is 32.9. The van der Waals surface area contributed by atoms with Gasteiger partial charge in [0.05, 0.1) is 5.69 Å². The number of phenolic OH excluding ortho intramolecular Hbond substituents is 2. The molecular formula is C20H15N3O3S. The highest BCUT2D eigenvalue weighted by atomic mass is 32.1. The molecule has 1 amide bonds. The highest BCUT2D eigenvalue weighted by molar-refractivity contribution is 7.14. The molecule has 0 saturated carbocycles. The van der Waals surface area contributed by atoms with Gasteiger partial charge in [0.15, 0.2) is 16.6 Å². The van der Waals surface area contributed by atoms with E-state index in [4.69, 9.17) is 0 Å². The van der Waals surface area contributed by atoms with Crippen molar-refractivity contribution in [2.75, 3.05) is 5.32 Å². The number of aryl methyl sites for hydroxylation is 1. The summed E-state index contributed by atoms with van der Waals surface area (Å²) >= 11 is 1.20. The molecule has 0 unspecified atom stereocenters. The van der Waals surface area contributed by atoms with E-state index in [0.717, 1.165) is 11.1 Å². The lowest BCUT2D eigenvalue weighted by atomic mass is 10.1. The van der Waals surface area contributed by atoms with Crippen LogP contribution < -0.4 is 5.32 Å². The van der Waals surface area contributed by atoms with Crippen LogP contribution in [-0.4, -0.2) is 21.1 Å². The van der Waals surface area contributed by atoms with Crippen molar-refractivity contribution in [3.8, 4) is 28.8 Å². The van der Waals surface area contributed by atoms with E-state index < -0.39 is 5.91 Å². The lowest BCUT2D eigenvalue weighted by Gasteiger charge is -2.02. The van der Waals surface area contributed by atoms with Crippen molar-refractivity contribution in [1.82, 2.24) is 4.98 Å². The maximum atomic E-state index is 12.4. The van der Waals surface area contributed by atoms with Crippen molar-refractivity contribution in [3.05, 3.63) is 64.5 Å². The fourth-order valence-corrected chi connectivity index (χ4v) is 3.00. The Balaban J connectivity index is 1.77. The highest BCUT2D eigenvalue weighted by Gasteiger charge is 2.13. The van der Waals surface area contributed by atoms with Crippen LogP contribution in [0, 0.1) is 18.3 Å². The van der Waals surface area contributed by atoms with Crippen LogP contribution in [0.3, 0.4) is 0 Å². The Morgan fingerprint density at radius 1 is 1.19 bits per heavy atom. The molecular weight excluding hydrogens is 362 g/mol. The van der Waals surface area contributed by atoms with Crippen LogP contribution in [0.2, 0.25) is 0 Å². The summed E-state index contributed by atoms with van der Waals surface area (Å²) in [6.07, 6.45) is 1.52. The molecule has 2 aromatic carbocycles. The first-order valence-electron chi connectivity index (χ1n) is 7.94. The molecule has 7 heteroatoms. The molecule has 27 heavy (non-hydrogen) atoms. The second kappa shape index (κ2) is 7.72. The average Bonchev–Trinajstić information content (AvgIpc) is 3.11. The molecule has 1 aromatic heterocycles. The van der Waals surface area contributed by atoms with Gasteiger partial charge in [-0.05, 0) is 36.8 Å². The van der Waals surface area contributed by atoms with Crippen LogP contribution in [0.15, 0.2) is 53.4 Å². The van der Waals surface area contributed by atoms with Gasteiger partial charge in [0.1, 0.15) is 11.6 Å². The van der Waals surface area contributed by atoms with E-state index in [2.05, 4.69) is 10.3 Å². The van der Waals surface area contributed by atoms with E-state index in [-0.39, 0.29) is 17.1 Å². The summed E-state index contributed by atoms with van der Waals surface area (Å²) in [5.41, 5.74) is 2.94. The number of phenols is 2. The maximum absolute atomic E-state index is 12.4. The number of carbonyl (C=O) groups excluding carboxylic acids is 1. The zero-order valence-corrected chi connectivity index (χ0v) is 15.1. The number of aromatic nitrogens is 1. The van der Waals surface area contributed by atoms with Crippen molar-refractivity contribution in [3.63, 3.8) is 0 Å². The predicted octanol–water partition coefficient (Wildman–Crippen LogP) is 4.08. The second-order valence-corrected chi connectivity index (χ2v) is 6.63. The fourth-order valence-electron chi connectivity index (χ4n) is 2.29. The van der Waals surface area contributed by atoms with Gasteiger partial charge in [-0.1, -0.05) is 29.8 Å². The zero-order chi connectivity index (χ0) is 19.4. The first kappa shape index (κ1) is 18.2. The highest BCUT2D eigenvalue weighted by Crippen LogP contribution is 2.32. The quantitative estimate of drug-likeness (QED) is 0.361. The molecule has 0 aliphatic carbocycles. The second-order valence-electron chi connectivity index (χ2n) is 5.78. The normalized spacial score (nSPS) is 11.0. The smallest absolute Gasteiger partial charge is 0.268 e. The molecule has 0 fully saturated rings. The van der Waals surface area contributed by atoms with E-state index in [1.807, 2.05) is 37.3 Å². The number of rotatable bonds is 4. The molecule has 0 atom stereocenters. The predicted molar refractivity (Wildman–Crippen MR) is 104 cm³/mol. The minimum Gasteiger partial charge on any atom is -0.504 e. The van der Waals surface area contributed by atoms with Gasteiger partial charge in [0.25, 0.3) is 5.91 Å². The zero-order valence-electron chi connectivity index (χ0n) is 14.3. The van der Waals surface area contributed by atoms with Crippen molar-refractivity contribution in [1.29, 1.82) is 5.26 Å². The molecule has 1 heterocycles. The monoisotopic (exact) mass is 377 g/mol. The van der Waals surface area contributed by atoms with Crippen molar-refractivity contribution < 1.29 is 15.0 Å². The van der Waals surface area contributed by atoms with E-state index in [1.165, 1.54) is 29.5 Å². The topological polar surface area (TPSA) is 106 Å². The molecule has 0 aliphatic heterocycles. The van der Waals surface area contributed by atoms with Gasteiger partial charge in [-0.15, -0.1) is 11.3 Å². The van der Waals surface area contributed by atoms with E-state index in [9.17, 15) is 20.3 Å². The van der Waals surface area contributed by atoms with Crippen LogP contribution in [0.5, 0.6) is 11.5 Å². The maximum Gasteiger partial charge on any atom is 0.268 e. The Kier molecular flexibility index (Phi) is 5.20. The Morgan fingerprint density at radius 3 is 2.59 bits per heavy atom. The third-order valence-electron chi connectivity index (χ3n) is 3.75. The van der Waals surface area contributed by atoms with Crippen LogP contribution >= 0.6 is 11.3 Å². The first-order chi connectivity index (χ1) is 13.0. The number of aromatic hydroxyl groups is 2. The summed E-state index contributed by atoms with van der Waals surface area (Å²) in [7, 11) is 0. The molecule has 0 radical (unpaired) electrons. The Labute approximate surface area is 159 Å². The molecule has 0 aliphatic rings. The number of nitrogens with one attached hydrogen (secondary N) is 1. The van der Waals surface area contributed by atoms with Gasteiger partial charge in [-0.2, -0.15) is 5.26 Å². The molecule has 3 rings (SSSR count). The summed E-state index contributed by atoms with van der Waals surface area (Å²) in [6.45, 7) is 1.96. The largest absolute Gasteiger partial charge is 0.504 e. The molecule has 134 valence electrons. The third kappa shape index (κ3) is 4.32. The number of nitrogens with zero attached hydrogens (tertiary/aromatic N) is 2. The molecule has 0 bridgehead atoms. The summed E-state index contributed by atoms with van der Waals surface area (Å²) in [4.78, 5) is 16.6. The number of thiazole rings is 1. The van der Waals surface area contributed by atoms with Gasteiger partial charge in [-0.3, -0.25) is 10.1 Å². The number of hydrogen-bond acceptors (Lipinski definition) is 6. The molecule has 0 saturated heterocycles. The van der Waals surface area contributed by atoms with E-state index in [1.54, 1.807) is 11.4 Å². The Bertz CT molecular complexity index is 1060. The van der Waals surface area contributed by atoms with Crippen molar-refractivity contribution in [2.45, 2.75) is 6.92 Å². The van der Waals surface area contributed by atoms with Gasteiger partial charge in [0.2, 0.25) is 0 Å². The number of hydrogen-bond donors (Lipinski definition) is 3. The van der Waals surface area contributed by atoms with E-state index in [0.29, 0.717) is 16.4 Å². The van der Waals surface area contributed by atoms with Crippen LogP contribution in [0.1, 0.15) is 11.1 Å². The number of carbonyl (C=O) groups is 1. The van der Waals surface area contributed by atoms with Crippen LogP contribution in [-0.2, 0) is 4.79 Å². The molecule has 3 N–H and O–H groups in total. The van der Waals surface area contributed by atoms with Gasteiger partial charge >= 0.3 is 0 Å². The number of anilines is 1. The SMILES string of the molecule is Cc1ccc(/C=C(\C#N)C(=O)Nc2nc(-c3ccc(O)c(O)c3)cs2)cc1. The lowest BCUT2D eigenvalue weighted by Crippen LogP contribution is -2.13. The van der Waals surface area contributed by atoms with E-state index >= 15 is 0 Å². The Morgan fingerprint density at radius 2 is 1.93 bits per heavy atom. The summed E-state index contributed by atoms with van der Waals surface area (Å²) < 4.78 is 0. The fraction of sp³-hybridized carbons (Fsp3) is 0.0500. The average molecular weight is 377 g/mol. The molecule has 6 nitrogen and oxygen atoms in total. The standard InChI is InChI=1S/C20H15N3O3S/c1-12-2-4-13(5-3-12)8-15(10-21)19(26)23-20-22-16(11-27-20)14-6-7-17(24)18(25)9-14/h2-9,11,24-25H,1H3,(H,22,23,26)/b15-8+. The van der Waals surface area contributed by atoms with Crippen molar-refractivity contribution >= 4 is 28.5 Å². The minimum atomic E-state index is -0.549. The van der Waals surface area contributed by atoms with Gasteiger partial charge in [-0.25, -0.2) is 4.98 Å². The minimum absolute atomic E-state index is 0.0297. The third-order valence-corrected chi connectivity index (χ3v) is 4.51. The first-order valence-corrected chi connectivity index (χ1v) is 8.82. The van der Waals surface area contributed by atoms with Crippen molar-refractivity contribution in [2.24, 2.45) is 0 Å². The van der Waals surface area contributed by atoms with Gasteiger partial charge < -0.3 is 10.2 Å². The Hall–Kier alpha value is -3.63. The molecule has 0 spiro atoms. The number of nitriles is 1. The van der Waals surface area contributed by atoms with Gasteiger partial charge in [0, 0.05) is 10.9 Å². The summed E-state index contributed by atoms with van der Waals surface area (Å²) in [6, 6.07) is 13.7. The number of amides is 1. The molecule has 3 aromatic rings. The van der Waals surface area contributed by atoms with Crippen LogP contribution in [0.25, 0.3) is 17.3 Å². The van der Waals surface area contributed by atoms with Crippen LogP contribution in [0.4, 0.5) is 5.13 Å². The lowest BCUT2D eigenvalue weighted by molar-refractivity contribution is -0.112.